The molecule has 0 aromatic heterocycles. The van der Waals surface area contributed by atoms with Crippen molar-refractivity contribution < 1.29 is 27.8 Å². The normalized spacial score (nSPS) is 25.2. The van der Waals surface area contributed by atoms with Crippen LogP contribution in [0.3, 0.4) is 0 Å². The summed E-state index contributed by atoms with van der Waals surface area (Å²) >= 11 is 0. The Bertz CT molecular complexity index is 786. The zero-order chi connectivity index (χ0) is 19.7. The maximum Gasteiger partial charge on any atom is 0.439 e. The number of hydrogen-bond donors (Lipinski definition) is 1. The average molecular weight is 381 g/mol. The molecule has 1 amide bonds. The number of hydrazone groups is 1. The molecule has 0 saturated heterocycles. The van der Waals surface area contributed by atoms with Crippen molar-refractivity contribution in [1.29, 1.82) is 5.26 Å². The van der Waals surface area contributed by atoms with Crippen LogP contribution >= 0.6 is 0 Å². The second-order valence-electron chi connectivity index (χ2n) is 6.60. The third-order valence-corrected chi connectivity index (χ3v) is 4.86. The summed E-state index contributed by atoms with van der Waals surface area (Å²) in [4.78, 5) is 12.4. The number of nitrogens with zero attached hydrogens (tertiary/aromatic N) is 3. The minimum absolute atomic E-state index is 0.120. The summed E-state index contributed by atoms with van der Waals surface area (Å²) in [6.07, 6.45) is -2.63. The first-order valence-corrected chi connectivity index (χ1v) is 8.60. The number of rotatable bonds is 3. The molecule has 0 spiro atoms. The molecule has 1 aromatic carbocycles. The number of hydrogen-bond acceptors (Lipinski definition) is 5. The highest BCUT2D eigenvalue weighted by atomic mass is 19.4. The van der Waals surface area contributed by atoms with Crippen LogP contribution in [0.5, 0.6) is 5.75 Å². The fourth-order valence-electron chi connectivity index (χ4n) is 3.47. The first-order chi connectivity index (χ1) is 12.8. The second-order valence-corrected chi connectivity index (χ2v) is 6.60. The average Bonchev–Trinajstić information content (AvgIpc) is 2.79. The van der Waals surface area contributed by atoms with E-state index in [0.29, 0.717) is 24.8 Å². The molecule has 27 heavy (non-hydrogen) atoms. The van der Waals surface area contributed by atoms with E-state index in [1.807, 2.05) is 6.07 Å². The molecule has 1 aromatic rings. The monoisotopic (exact) mass is 381 g/mol. The number of aliphatic hydroxyl groups is 1. The van der Waals surface area contributed by atoms with Gasteiger partial charge in [0.15, 0.2) is 6.61 Å². The van der Waals surface area contributed by atoms with Gasteiger partial charge in [-0.05, 0) is 43.5 Å². The number of carbonyl (C=O) groups excluding carboxylic acids is 1. The van der Waals surface area contributed by atoms with Crippen molar-refractivity contribution in [2.24, 2.45) is 11.0 Å². The van der Waals surface area contributed by atoms with E-state index in [2.05, 4.69) is 5.10 Å². The van der Waals surface area contributed by atoms with Gasteiger partial charge in [-0.1, -0.05) is 12.8 Å². The summed E-state index contributed by atoms with van der Waals surface area (Å²) in [5, 5.41) is 23.2. The van der Waals surface area contributed by atoms with Crippen molar-refractivity contribution in [3.8, 4) is 11.8 Å². The van der Waals surface area contributed by atoms with Crippen LogP contribution in [0.15, 0.2) is 29.4 Å². The van der Waals surface area contributed by atoms with Crippen LogP contribution in [-0.2, 0) is 4.79 Å². The molecule has 9 heteroatoms. The molecule has 2 atom stereocenters. The molecular formula is C18H18F3N3O3. The van der Waals surface area contributed by atoms with Crippen molar-refractivity contribution in [2.75, 3.05) is 6.61 Å². The molecule has 0 bridgehead atoms. The zero-order valence-corrected chi connectivity index (χ0v) is 14.4. The largest absolute Gasteiger partial charge is 0.484 e. The van der Waals surface area contributed by atoms with Crippen LogP contribution < -0.4 is 4.74 Å². The second kappa shape index (κ2) is 7.19. The van der Waals surface area contributed by atoms with E-state index in [4.69, 9.17) is 10.00 Å². The predicted octanol–water partition coefficient (Wildman–Crippen LogP) is 2.97. The van der Waals surface area contributed by atoms with Crippen LogP contribution in [-0.4, -0.2) is 40.2 Å². The molecule has 2 aliphatic rings. The van der Waals surface area contributed by atoms with E-state index in [1.54, 1.807) is 0 Å². The third-order valence-electron chi connectivity index (χ3n) is 4.86. The van der Waals surface area contributed by atoms with E-state index in [0.717, 1.165) is 6.42 Å². The minimum Gasteiger partial charge on any atom is -0.484 e. The van der Waals surface area contributed by atoms with Gasteiger partial charge in [-0.25, -0.2) is 0 Å². The number of fused-ring (bicyclic) bond motifs is 1. The maximum atomic E-state index is 13.7. The lowest BCUT2D eigenvalue weighted by Crippen LogP contribution is -2.61. The van der Waals surface area contributed by atoms with Crippen molar-refractivity contribution >= 4 is 11.6 Å². The Morgan fingerprint density at radius 3 is 2.67 bits per heavy atom. The lowest BCUT2D eigenvalue weighted by molar-refractivity contribution is -0.317. The molecule has 144 valence electrons. The maximum absolute atomic E-state index is 13.7. The van der Waals surface area contributed by atoms with Crippen LogP contribution in [0.4, 0.5) is 13.2 Å². The molecule has 1 N–H and O–H groups in total. The fraction of sp³-hybridized carbons (Fsp3) is 0.500. The molecular weight excluding hydrogens is 363 g/mol. The Morgan fingerprint density at radius 2 is 2.04 bits per heavy atom. The first-order valence-electron chi connectivity index (χ1n) is 8.60. The number of amides is 1. The number of halogens is 3. The van der Waals surface area contributed by atoms with Crippen molar-refractivity contribution in [1.82, 2.24) is 5.01 Å². The molecule has 1 heterocycles. The molecule has 6 nitrogen and oxygen atoms in total. The van der Waals surface area contributed by atoms with Crippen LogP contribution in [0.25, 0.3) is 0 Å². The fourth-order valence-corrected chi connectivity index (χ4v) is 3.47. The highest BCUT2D eigenvalue weighted by molar-refractivity contribution is 5.93. The Morgan fingerprint density at radius 1 is 1.33 bits per heavy atom. The standard InChI is InChI=1S/C18H18F3N3O3/c19-18(20,21)17(26)14-4-2-1-3-5-15(14)23-24(17)16(25)11-27-13-8-6-12(10-22)7-9-13/h6-9,14,26H,1-5,11H2/t14-,17+/m1/s1. The topological polar surface area (TPSA) is 85.9 Å². The van der Waals surface area contributed by atoms with Gasteiger partial charge in [-0.15, -0.1) is 0 Å². The van der Waals surface area contributed by atoms with Crippen LogP contribution in [0.1, 0.15) is 37.7 Å². The summed E-state index contributed by atoms with van der Waals surface area (Å²) in [6.45, 7) is -0.714. The molecule has 0 radical (unpaired) electrons. The predicted molar refractivity (Wildman–Crippen MR) is 88.5 cm³/mol. The molecule has 1 aliphatic heterocycles. The Balaban J connectivity index is 1.79. The highest BCUT2D eigenvalue weighted by Gasteiger charge is 2.68. The first kappa shape index (κ1) is 19.2. The van der Waals surface area contributed by atoms with E-state index < -0.39 is 30.3 Å². The summed E-state index contributed by atoms with van der Waals surface area (Å²) in [7, 11) is 0. The van der Waals surface area contributed by atoms with Crippen molar-refractivity contribution in [2.45, 2.75) is 44.0 Å². The van der Waals surface area contributed by atoms with Crippen LogP contribution in [0.2, 0.25) is 0 Å². The van der Waals surface area contributed by atoms with Gasteiger partial charge < -0.3 is 9.84 Å². The van der Waals surface area contributed by atoms with Gasteiger partial charge >= 0.3 is 6.18 Å². The van der Waals surface area contributed by atoms with E-state index >= 15 is 0 Å². The van der Waals surface area contributed by atoms with E-state index in [1.165, 1.54) is 24.3 Å². The van der Waals surface area contributed by atoms with Gasteiger partial charge in [0.25, 0.3) is 11.6 Å². The lowest BCUT2D eigenvalue weighted by atomic mass is 9.87. The molecule has 1 saturated carbocycles. The highest BCUT2D eigenvalue weighted by Crippen LogP contribution is 2.47. The number of ether oxygens (including phenoxy) is 1. The summed E-state index contributed by atoms with van der Waals surface area (Å²) in [5.41, 5.74) is -2.76. The zero-order valence-electron chi connectivity index (χ0n) is 14.4. The van der Waals surface area contributed by atoms with Gasteiger partial charge in [0.05, 0.1) is 17.6 Å². The smallest absolute Gasteiger partial charge is 0.439 e. The van der Waals surface area contributed by atoms with Gasteiger partial charge in [0, 0.05) is 5.71 Å². The molecule has 1 fully saturated rings. The summed E-state index contributed by atoms with van der Waals surface area (Å²) < 4.78 is 46.4. The quantitative estimate of drug-likeness (QED) is 0.872. The number of alkyl halides is 3. The van der Waals surface area contributed by atoms with Gasteiger partial charge in [0.1, 0.15) is 5.75 Å². The summed E-state index contributed by atoms with van der Waals surface area (Å²) in [5.74, 6) is -2.11. The number of benzene rings is 1. The van der Waals surface area contributed by atoms with Crippen molar-refractivity contribution in [3.63, 3.8) is 0 Å². The van der Waals surface area contributed by atoms with Gasteiger partial charge in [-0.3, -0.25) is 4.79 Å². The number of carbonyl (C=O) groups is 1. The Hall–Kier alpha value is -2.60. The van der Waals surface area contributed by atoms with E-state index in [-0.39, 0.29) is 22.9 Å². The lowest BCUT2D eigenvalue weighted by Gasteiger charge is -2.37. The Kier molecular flexibility index (Phi) is 5.11. The molecule has 3 rings (SSSR count). The summed E-state index contributed by atoms with van der Waals surface area (Å²) in [6, 6.07) is 7.70. The van der Waals surface area contributed by atoms with Crippen molar-refractivity contribution in [3.05, 3.63) is 29.8 Å². The molecule has 0 unspecified atom stereocenters. The SMILES string of the molecule is N#Cc1ccc(OCC(=O)N2N=C3CCCCC[C@H]3[C@]2(O)C(F)(F)F)cc1. The van der Waals surface area contributed by atoms with Gasteiger partial charge in [0.2, 0.25) is 0 Å². The molecule has 1 aliphatic carbocycles. The van der Waals surface area contributed by atoms with Gasteiger partial charge in [-0.2, -0.15) is 28.5 Å². The van der Waals surface area contributed by atoms with Crippen LogP contribution in [0, 0.1) is 17.2 Å². The van der Waals surface area contributed by atoms with E-state index in [9.17, 15) is 23.1 Å². The minimum atomic E-state index is -5.04. The Labute approximate surface area is 153 Å². The number of nitriles is 1. The third kappa shape index (κ3) is 3.49.